The summed E-state index contributed by atoms with van der Waals surface area (Å²) in [5, 5.41) is 3.96. The van der Waals surface area contributed by atoms with Crippen LogP contribution in [0.15, 0.2) is 16.8 Å². The number of rotatable bonds is 5. The van der Waals surface area contributed by atoms with Crippen molar-refractivity contribution in [1.29, 1.82) is 0 Å². The quantitative estimate of drug-likeness (QED) is 0.755. The Morgan fingerprint density at radius 2 is 1.89 bits per heavy atom. The second-order valence-corrected chi connectivity index (χ2v) is 9.39. The van der Waals surface area contributed by atoms with E-state index in [0.29, 0.717) is 43.8 Å². The van der Waals surface area contributed by atoms with Crippen molar-refractivity contribution in [1.82, 2.24) is 23.7 Å². The molecule has 3 heterocycles. The van der Waals surface area contributed by atoms with Crippen molar-refractivity contribution < 1.29 is 12.9 Å². The highest BCUT2D eigenvalue weighted by Gasteiger charge is 2.32. The Labute approximate surface area is 159 Å². The lowest BCUT2D eigenvalue weighted by molar-refractivity contribution is 0.354. The molecule has 1 saturated carbocycles. The van der Waals surface area contributed by atoms with Gasteiger partial charge in [0.25, 0.3) is 10.2 Å². The van der Waals surface area contributed by atoms with Crippen molar-refractivity contribution in [2.24, 2.45) is 0 Å². The lowest BCUT2D eigenvalue weighted by Gasteiger charge is -2.35. The summed E-state index contributed by atoms with van der Waals surface area (Å²) in [7, 11) is -0.273. The van der Waals surface area contributed by atoms with Crippen LogP contribution in [0.25, 0.3) is 11.3 Å². The van der Waals surface area contributed by atoms with Crippen LogP contribution in [-0.2, 0) is 10.2 Å². The van der Waals surface area contributed by atoms with E-state index in [1.54, 1.807) is 20.3 Å². The topological polar surface area (TPSA) is 95.7 Å². The van der Waals surface area contributed by atoms with Gasteiger partial charge in [0.05, 0.1) is 17.0 Å². The van der Waals surface area contributed by atoms with Gasteiger partial charge in [-0.05, 0) is 19.8 Å². The Morgan fingerprint density at radius 1 is 1.19 bits per heavy atom. The van der Waals surface area contributed by atoms with E-state index in [4.69, 9.17) is 9.51 Å². The first-order valence-electron chi connectivity index (χ1n) is 9.09. The third-order valence-electron chi connectivity index (χ3n) is 4.97. The molecule has 0 N–H and O–H groups in total. The number of hydrogen-bond donors (Lipinski definition) is 0. The number of anilines is 1. The molecule has 2 aromatic heterocycles. The van der Waals surface area contributed by atoms with Gasteiger partial charge in [0.15, 0.2) is 5.76 Å². The van der Waals surface area contributed by atoms with Crippen molar-refractivity contribution in [3.63, 3.8) is 0 Å². The lowest BCUT2D eigenvalue weighted by atomic mass is 10.1. The first-order valence-corrected chi connectivity index (χ1v) is 10.5. The summed E-state index contributed by atoms with van der Waals surface area (Å²) >= 11 is 0. The highest BCUT2D eigenvalue weighted by Crippen LogP contribution is 2.43. The van der Waals surface area contributed by atoms with E-state index in [0.717, 1.165) is 29.8 Å². The summed E-state index contributed by atoms with van der Waals surface area (Å²) in [5.41, 5.74) is 2.73. The maximum Gasteiger partial charge on any atom is 0.281 e. The maximum atomic E-state index is 12.3. The lowest BCUT2D eigenvalue weighted by Crippen LogP contribution is -2.52. The molecular formula is C17H24N6O3S. The molecule has 0 spiro atoms. The van der Waals surface area contributed by atoms with E-state index >= 15 is 0 Å². The monoisotopic (exact) mass is 392 g/mol. The highest BCUT2D eigenvalue weighted by molar-refractivity contribution is 7.86. The molecule has 146 valence electrons. The minimum absolute atomic E-state index is 0.422. The van der Waals surface area contributed by atoms with Crippen LogP contribution in [0.4, 0.5) is 5.95 Å². The van der Waals surface area contributed by atoms with Gasteiger partial charge in [-0.3, -0.25) is 0 Å². The van der Waals surface area contributed by atoms with E-state index in [9.17, 15) is 8.42 Å². The number of aromatic nitrogens is 3. The largest absolute Gasteiger partial charge is 0.356 e. The Morgan fingerprint density at radius 3 is 2.44 bits per heavy atom. The highest BCUT2D eigenvalue weighted by atomic mass is 32.2. The molecule has 0 aromatic carbocycles. The van der Waals surface area contributed by atoms with Gasteiger partial charge in [-0.1, -0.05) is 5.16 Å². The zero-order chi connectivity index (χ0) is 19.2. The van der Waals surface area contributed by atoms with E-state index in [1.807, 2.05) is 17.9 Å². The minimum atomic E-state index is -3.38. The molecule has 0 bridgehead atoms. The average Bonchev–Trinajstić information content (AvgIpc) is 3.42. The number of aryl methyl sites for hydroxylation is 1. The second-order valence-electron chi connectivity index (χ2n) is 7.25. The van der Waals surface area contributed by atoms with Gasteiger partial charge >= 0.3 is 0 Å². The van der Waals surface area contributed by atoms with Crippen LogP contribution in [0.2, 0.25) is 0 Å². The fraction of sp³-hybridized carbons (Fsp3) is 0.588. The number of piperazine rings is 1. The molecule has 9 nitrogen and oxygen atoms in total. The normalized spacial score (nSPS) is 19.0. The van der Waals surface area contributed by atoms with Gasteiger partial charge in [0, 0.05) is 58.5 Å². The standard InChI is InChI=1S/C17H24N6O3S/c1-12-10-15(26-20-12)14-11-18-17(19-16(14)13-4-5-13)22-6-8-23(9-7-22)27(24,25)21(2)3/h10-11,13H,4-9H2,1-3H3. The molecule has 2 aliphatic rings. The average molecular weight is 392 g/mol. The van der Waals surface area contributed by atoms with Crippen LogP contribution in [-0.4, -0.2) is 72.4 Å². The molecular weight excluding hydrogens is 368 g/mol. The van der Waals surface area contributed by atoms with Gasteiger partial charge in [-0.2, -0.15) is 17.0 Å². The maximum absolute atomic E-state index is 12.3. The van der Waals surface area contributed by atoms with Crippen molar-refractivity contribution in [2.45, 2.75) is 25.7 Å². The molecule has 1 saturated heterocycles. The molecule has 1 aliphatic carbocycles. The molecule has 27 heavy (non-hydrogen) atoms. The zero-order valence-electron chi connectivity index (χ0n) is 15.8. The molecule has 0 radical (unpaired) electrons. The summed E-state index contributed by atoms with van der Waals surface area (Å²) < 4.78 is 32.7. The van der Waals surface area contributed by atoms with Crippen LogP contribution >= 0.6 is 0 Å². The summed E-state index contributed by atoms with van der Waals surface area (Å²) in [6.07, 6.45) is 4.04. The Bertz CT molecular complexity index is 930. The molecule has 0 amide bonds. The summed E-state index contributed by atoms with van der Waals surface area (Å²) in [5.74, 6) is 1.78. The van der Waals surface area contributed by atoms with Crippen LogP contribution in [0.3, 0.4) is 0 Å². The van der Waals surface area contributed by atoms with E-state index in [1.165, 1.54) is 8.61 Å². The third kappa shape index (κ3) is 3.56. The van der Waals surface area contributed by atoms with Gasteiger partial charge in [0.1, 0.15) is 0 Å². The fourth-order valence-electron chi connectivity index (χ4n) is 3.24. The van der Waals surface area contributed by atoms with Crippen molar-refractivity contribution >= 4 is 16.2 Å². The van der Waals surface area contributed by atoms with Crippen molar-refractivity contribution in [3.05, 3.63) is 23.7 Å². The first-order chi connectivity index (χ1) is 12.9. The Balaban J connectivity index is 1.55. The molecule has 2 aromatic rings. The van der Waals surface area contributed by atoms with Crippen LogP contribution in [0, 0.1) is 6.92 Å². The van der Waals surface area contributed by atoms with Gasteiger partial charge < -0.3 is 9.42 Å². The molecule has 0 unspecified atom stereocenters. The summed E-state index contributed by atoms with van der Waals surface area (Å²) in [6.45, 7) is 3.87. The van der Waals surface area contributed by atoms with E-state index in [2.05, 4.69) is 10.1 Å². The fourth-order valence-corrected chi connectivity index (χ4v) is 4.32. The Kier molecular flexibility index (Phi) is 4.65. The predicted octanol–water partition coefficient (Wildman–Crippen LogP) is 1.25. The molecule has 1 aliphatic heterocycles. The van der Waals surface area contributed by atoms with E-state index in [-0.39, 0.29) is 0 Å². The molecule has 4 rings (SSSR count). The first kappa shape index (κ1) is 18.3. The van der Waals surface area contributed by atoms with Gasteiger partial charge in [0.2, 0.25) is 5.95 Å². The summed E-state index contributed by atoms with van der Waals surface area (Å²) in [4.78, 5) is 11.4. The van der Waals surface area contributed by atoms with Crippen molar-refractivity contribution in [3.8, 4) is 11.3 Å². The smallest absolute Gasteiger partial charge is 0.281 e. The number of hydrogen-bond acceptors (Lipinski definition) is 7. The van der Waals surface area contributed by atoms with Crippen LogP contribution in [0.1, 0.15) is 30.1 Å². The Hall–Kier alpha value is -2.04. The molecule has 10 heteroatoms. The number of nitrogens with zero attached hydrogens (tertiary/aromatic N) is 6. The van der Waals surface area contributed by atoms with E-state index < -0.39 is 10.2 Å². The van der Waals surface area contributed by atoms with Gasteiger partial charge in [-0.15, -0.1) is 0 Å². The summed E-state index contributed by atoms with van der Waals surface area (Å²) in [6, 6.07) is 1.90. The predicted molar refractivity (Wildman–Crippen MR) is 101 cm³/mol. The minimum Gasteiger partial charge on any atom is -0.356 e. The second kappa shape index (κ2) is 6.84. The molecule has 2 fully saturated rings. The third-order valence-corrected chi connectivity index (χ3v) is 6.91. The SMILES string of the molecule is Cc1cc(-c2cnc(N3CCN(S(=O)(=O)N(C)C)CC3)nc2C2CC2)on1. The van der Waals surface area contributed by atoms with Crippen molar-refractivity contribution in [2.75, 3.05) is 45.2 Å². The van der Waals surface area contributed by atoms with Crippen LogP contribution < -0.4 is 4.90 Å². The van der Waals surface area contributed by atoms with Gasteiger partial charge in [-0.25, -0.2) is 9.97 Å². The molecule has 0 atom stereocenters. The van der Waals surface area contributed by atoms with Crippen LogP contribution in [0.5, 0.6) is 0 Å². The zero-order valence-corrected chi connectivity index (χ0v) is 16.6.